The fourth-order valence-corrected chi connectivity index (χ4v) is 3.82. The lowest BCUT2D eigenvalue weighted by Crippen LogP contribution is -2.15. The standard InChI is InChI=1S/C21H16N2O9S/c1-31-21(26)13-3-2-4-15(11-13)32-16-7-10-19(18(12-16)20(24)25)22-33(29,30)17-8-5-14(6-9-17)23(27)28/h2-12,22H,1H3,(H,24,25). The number of carbonyl (C=O) groups is 2. The summed E-state index contributed by atoms with van der Waals surface area (Å²) in [5.74, 6) is -1.70. The first-order chi connectivity index (χ1) is 15.6. The molecule has 0 bridgehead atoms. The number of nitro groups is 1. The van der Waals surface area contributed by atoms with Crippen LogP contribution in [0.1, 0.15) is 20.7 Å². The zero-order chi connectivity index (χ0) is 24.2. The Bertz CT molecular complexity index is 1340. The van der Waals surface area contributed by atoms with Crippen LogP contribution in [0.5, 0.6) is 11.5 Å². The van der Waals surface area contributed by atoms with Gasteiger partial charge in [-0.1, -0.05) is 6.07 Å². The average molecular weight is 472 g/mol. The summed E-state index contributed by atoms with van der Waals surface area (Å²) in [7, 11) is -3.00. The Hall–Kier alpha value is -4.45. The van der Waals surface area contributed by atoms with Crippen LogP contribution in [-0.2, 0) is 14.8 Å². The number of methoxy groups -OCH3 is 1. The number of aromatic carboxylic acids is 1. The highest BCUT2D eigenvalue weighted by Gasteiger charge is 2.20. The SMILES string of the molecule is COC(=O)c1cccc(Oc2ccc(NS(=O)(=O)c3ccc([N+](=O)[O-])cc3)c(C(=O)O)c2)c1. The van der Waals surface area contributed by atoms with Crippen molar-refractivity contribution in [2.75, 3.05) is 11.8 Å². The van der Waals surface area contributed by atoms with Gasteiger partial charge in [-0.3, -0.25) is 14.8 Å². The second-order valence-corrected chi connectivity index (χ2v) is 8.17. The van der Waals surface area contributed by atoms with Crippen LogP contribution in [0.25, 0.3) is 0 Å². The molecule has 0 saturated carbocycles. The summed E-state index contributed by atoms with van der Waals surface area (Å²) < 4.78 is 37.6. The van der Waals surface area contributed by atoms with Gasteiger partial charge in [0.15, 0.2) is 0 Å². The fraction of sp³-hybridized carbons (Fsp3) is 0.0476. The summed E-state index contributed by atoms with van der Waals surface area (Å²) in [5.41, 5.74) is -0.711. The Morgan fingerprint density at radius 2 is 1.67 bits per heavy atom. The predicted octanol–water partition coefficient (Wildman–Crippen LogP) is 3.67. The maximum Gasteiger partial charge on any atom is 0.337 e. The highest BCUT2D eigenvalue weighted by atomic mass is 32.2. The Kier molecular flexibility index (Phi) is 6.59. The molecule has 3 aromatic carbocycles. The summed E-state index contributed by atoms with van der Waals surface area (Å²) in [5, 5.41) is 20.3. The van der Waals surface area contributed by atoms with Gasteiger partial charge >= 0.3 is 11.9 Å². The molecule has 0 atom stereocenters. The number of carbonyl (C=O) groups excluding carboxylic acids is 1. The lowest BCUT2D eigenvalue weighted by Gasteiger charge is -2.13. The first-order valence-electron chi connectivity index (χ1n) is 9.11. The molecule has 0 aromatic heterocycles. The first kappa shape index (κ1) is 23.2. The van der Waals surface area contributed by atoms with Gasteiger partial charge in [-0.25, -0.2) is 18.0 Å². The van der Waals surface area contributed by atoms with E-state index in [-0.39, 0.29) is 33.3 Å². The highest BCUT2D eigenvalue weighted by molar-refractivity contribution is 7.92. The van der Waals surface area contributed by atoms with Gasteiger partial charge in [0, 0.05) is 12.1 Å². The van der Waals surface area contributed by atoms with Crippen LogP contribution in [0.4, 0.5) is 11.4 Å². The topological polar surface area (TPSA) is 162 Å². The molecular formula is C21H16N2O9S. The molecule has 33 heavy (non-hydrogen) atoms. The van der Waals surface area contributed by atoms with Gasteiger partial charge in [0.2, 0.25) is 0 Å². The third kappa shape index (κ3) is 5.43. The summed E-state index contributed by atoms with van der Waals surface area (Å²) in [6.45, 7) is 0. The van der Waals surface area contributed by atoms with Crippen LogP contribution in [0, 0.1) is 10.1 Å². The van der Waals surface area contributed by atoms with E-state index in [0.717, 1.165) is 30.3 Å². The van der Waals surface area contributed by atoms with Crippen molar-refractivity contribution in [3.63, 3.8) is 0 Å². The number of carboxylic acid groups (broad SMARTS) is 1. The number of carboxylic acids is 1. The van der Waals surface area contributed by atoms with Crippen LogP contribution in [0.15, 0.2) is 71.6 Å². The molecule has 170 valence electrons. The molecule has 0 unspecified atom stereocenters. The van der Waals surface area contributed by atoms with E-state index in [1.165, 1.54) is 37.4 Å². The fourth-order valence-electron chi connectivity index (χ4n) is 2.74. The molecule has 0 spiro atoms. The molecule has 3 aromatic rings. The van der Waals surface area contributed by atoms with E-state index in [1.807, 2.05) is 0 Å². The van der Waals surface area contributed by atoms with E-state index >= 15 is 0 Å². The minimum Gasteiger partial charge on any atom is -0.478 e. The average Bonchev–Trinajstić information content (AvgIpc) is 2.79. The lowest BCUT2D eigenvalue weighted by molar-refractivity contribution is -0.384. The number of non-ortho nitro benzene ring substituents is 1. The zero-order valence-corrected chi connectivity index (χ0v) is 17.7. The Labute approximate surface area is 187 Å². The highest BCUT2D eigenvalue weighted by Crippen LogP contribution is 2.29. The van der Waals surface area contributed by atoms with E-state index < -0.39 is 32.4 Å². The van der Waals surface area contributed by atoms with Gasteiger partial charge in [0.25, 0.3) is 15.7 Å². The van der Waals surface area contributed by atoms with Gasteiger partial charge in [0.1, 0.15) is 11.5 Å². The van der Waals surface area contributed by atoms with Crippen LogP contribution in [0.2, 0.25) is 0 Å². The molecule has 0 aliphatic rings. The molecule has 0 heterocycles. The Balaban J connectivity index is 1.88. The third-order valence-corrected chi connectivity index (χ3v) is 5.70. The van der Waals surface area contributed by atoms with Crippen LogP contribution in [-0.4, -0.2) is 37.5 Å². The maximum atomic E-state index is 12.6. The lowest BCUT2D eigenvalue weighted by atomic mass is 10.1. The predicted molar refractivity (Wildman–Crippen MR) is 115 cm³/mol. The number of nitrogens with one attached hydrogen (secondary N) is 1. The normalized spacial score (nSPS) is 10.8. The number of hydrogen-bond acceptors (Lipinski definition) is 8. The van der Waals surface area contributed by atoms with Crippen molar-refractivity contribution in [1.82, 2.24) is 0 Å². The molecule has 12 heteroatoms. The van der Waals surface area contributed by atoms with E-state index in [4.69, 9.17) is 4.74 Å². The summed E-state index contributed by atoms with van der Waals surface area (Å²) in [6.07, 6.45) is 0. The van der Waals surface area contributed by atoms with Crippen LogP contribution >= 0.6 is 0 Å². The molecular weight excluding hydrogens is 456 g/mol. The van der Waals surface area contributed by atoms with Crippen molar-refractivity contribution in [2.45, 2.75) is 4.90 Å². The van der Waals surface area contributed by atoms with E-state index in [0.29, 0.717) is 0 Å². The van der Waals surface area contributed by atoms with Crippen molar-refractivity contribution in [3.05, 3.63) is 88.0 Å². The number of ether oxygens (including phenoxy) is 2. The molecule has 0 aliphatic carbocycles. The van der Waals surface area contributed by atoms with Gasteiger partial charge in [-0.05, 0) is 48.5 Å². The second kappa shape index (κ2) is 9.36. The number of nitrogens with zero attached hydrogens (tertiary/aromatic N) is 1. The molecule has 0 aliphatic heterocycles. The van der Waals surface area contributed by atoms with Crippen LogP contribution < -0.4 is 9.46 Å². The van der Waals surface area contributed by atoms with Gasteiger partial charge < -0.3 is 14.6 Å². The van der Waals surface area contributed by atoms with E-state index in [9.17, 15) is 33.2 Å². The zero-order valence-electron chi connectivity index (χ0n) is 16.9. The van der Waals surface area contributed by atoms with Gasteiger partial charge in [-0.2, -0.15) is 0 Å². The molecule has 3 rings (SSSR count). The van der Waals surface area contributed by atoms with Crippen molar-refractivity contribution < 1.29 is 37.5 Å². The number of anilines is 1. The van der Waals surface area contributed by atoms with Crippen molar-refractivity contribution in [1.29, 1.82) is 0 Å². The Morgan fingerprint density at radius 1 is 1.00 bits per heavy atom. The third-order valence-electron chi connectivity index (χ3n) is 4.31. The van der Waals surface area contributed by atoms with Crippen molar-refractivity contribution >= 4 is 33.3 Å². The smallest absolute Gasteiger partial charge is 0.337 e. The Morgan fingerprint density at radius 3 is 2.27 bits per heavy atom. The largest absolute Gasteiger partial charge is 0.478 e. The number of sulfonamides is 1. The van der Waals surface area contributed by atoms with E-state index in [2.05, 4.69) is 9.46 Å². The summed E-state index contributed by atoms with van der Waals surface area (Å²) in [6, 6.07) is 13.8. The van der Waals surface area contributed by atoms with Crippen molar-refractivity contribution in [3.8, 4) is 11.5 Å². The summed E-state index contributed by atoms with van der Waals surface area (Å²) in [4.78, 5) is 33.2. The summed E-state index contributed by atoms with van der Waals surface area (Å²) >= 11 is 0. The number of esters is 1. The minimum absolute atomic E-state index is 0.0766. The van der Waals surface area contributed by atoms with Crippen LogP contribution in [0.3, 0.4) is 0 Å². The molecule has 2 N–H and O–H groups in total. The quantitative estimate of drug-likeness (QED) is 0.283. The molecule has 0 fully saturated rings. The minimum atomic E-state index is -4.23. The number of hydrogen-bond donors (Lipinski definition) is 2. The first-order valence-corrected chi connectivity index (χ1v) is 10.6. The number of rotatable bonds is 8. The van der Waals surface area contributed by atoms with Crippen molar-refractivity contribution in [2.24, 2.45) is 0 Å². The molecule has 0 amide bonds. The number of nitro benzene ring substituents is 1. The second-order valence-electron chi connectivity index (χ2n) is 6.49. The molecule has 0 radical (unpaired) electrons. The van der Waals surface area contributed by atoms with Gasteiger partial charge in [0.05, 0.1) is 33.7 Å². The van der Waals surface area contributed by atoms with Gasteiger partial charge in [-0.15, -0.1) is 0 Å². The molecule has 0 saturated heterocycles. The van der Waals surface area contributed by atoms with E-state index in [1.54, 1.807) is 6.07 Å². The monoisotopic (exact) mass is 472 g/mol. The maximum absolute atomic E-state index is 12.6. The molecule has 11 nitrogen and oxygen atoms in total. The number of benzene rings is 3.